The number of halogens is 1. The zero-order valence-electron chi connectivity index (χ0n) is 11.2. The Labute approximate surface area is 118 Å². The molecular formula is C16H17ClO2. The molecule has 0 spiro atoms. The van der Waals surface area contributed by atoms with Gasteiger partial charge in [0.1, 0.15) is 18.1 Å². The van der Waals surface area contributed by atoms with Gasteiger partial charge in [-0.15, -0.1) is 11.6 Å². The molecule has 2 rings (SSSR count). The summed E-state index contributed by atoms with van der Waals surface area (Å²) in [7, 11) is 1.66. The fourth-order valence-electron chi connectivity index (χ4n) is 1.79. The lowest BCUT2D eigenvalue weighted by Crippen LogP contribution is -1.98. The van der Waals surface area contributed by atoms with Crippen molar-refractivity contribution >= 4 is 11.6 Å². The number of hydrogen-bond acceptors (Lipinski definition) is 2. The maximum Gasteiger partial charge on any atom is 0.124 e. The van der Waals surface area contributed by atoms with Crippen molar-refractivity contribution in [3.05, 3.63) is 59.2 Å². The van der Waals surface area contributed by atoms with Gasteiger partial charge in [0.25, 0.3) is 0 Å². The van der Waals surface area contributed by atoms with E-state index in [9.17, 15) is 0 Å². The lowest BCUT2D eigenvalue weighted by Gasteiger charge is -2.11. The van der Waals surface area contributed by atoms with Crippen LogP contribution in [0.2, 0.25) is 0 Å². The van der Waals surface area contributed by atoms with E-state index in [1.807, 2.05) is 49.4 Å². The first-order valence-electron chi connectivity index (χ1n) is 6.14. The highest BCUT2D eigenvalue weighted by Crippen LogP contribution is 2.23. The standard InChI is InChI=1S/C16H17ClO2/c1-12-3-6-14(10-17)16(9-12)19-11-13-4-7-15(18-2)8-5-13/h3-9H,10-11H2,1-2H3. The third-order valence-electron chi connectivity index (χ3n) is 2.92. The van der Waals surface area contributed by atoms with Crippen molar-refractivity contribution in [1.82, 2.24) is 0 Å². The van der Waals surface area contributed by atoms with E-state index >= 15 is 0 Å². The molecule has 0 bridgehead atoms. The second-order valence-electron chi connectivity index (χ2n) is 4.38. The number of rotatable bonds is 5. The predicted molar refractivity (Wildman–Crippen MR) is 78.1 cm³/mol. The molecule has 0 saturated carbocycles. The number of hydrogen-bond donors (Lipinski definition) is 0. The molecule has 0 aliphatic rings. The summed E-state index contributed by atoms with van der Waals surface area (Å²) in [4.78, 5) is 0. The lowest BCUT2D eigenvalue weighted by molar-refractivity contribution is 0.303. The molecule has 0 aliphatic carbocycles. The van der Waals surface area contributed by atoms with Gasteiger partial charge in [0.2, 0.25) is 0 Å². The maximum absolute atomic E-state index is 5.91. The quantitative estimate of drug-likeness (QED) is 0.757. The molecule has 0 amide bonds. The minimum Gasteiger partial charge on any atom is -0.497 e. The molecule has 0 fully saturated rings. The van der Waals surface area contributed by atoms with Gasteiger partial charge in [-0.3, -0.25) is 0 Å². The number of alkyl halides is 1. The van der Waals surface area contributed by atoms with Crippen molar-refractivity contribution in [3.8, 4) is 11.5 Å². The van der Waals surface area contributed by atoms with Gasteiger partial charge in [-0.2, -0.15) is 0 Å². The van der Waals surface area contributed by atoms with E-state index in [1.165, 1.54) is 5.56 Å². The van der Waals surface area contributed by atoms with E-state index in [2.05, 4.69) is 0 Å². The van der Waals surface area contributed by atoms with Crippen LogP contribution in [0.4, 0.5) is 0 Å². The summed E-state index contributed by atoms with van der Waals surface area (Å²) in [5.41, 5.74) is 3.28. The Hall–Kier alpha value is -1.67. The summed E-state index contributed by atoms with van der Waals surface area (Å²) in [5.74, 6) is 2.16. The molecule has 100 valence electrons. The van der Waals surface area contributed by atoms with Crippen molar-refractivity contribution in [2.45, 2.75) is 19.4 Å². The van der Waals surface area contributed by atoms with Crippen LogP contribution in [-0.2, 0) is 12.5 Å². The third-order valence-corrected chi connectivity index (χ3v) is 3.21. The van der Waals surface area contributed by atoms with Gasteiger partial charge in [-0.05, 0) is 36.2 Å². The van der Waals surface area contributed by atoms with E-state index in [4.69, 9.17) is 21.1 Å². The molecule has 19 heavy (non-hydrogen) atoms. The van der Waals surface area contributed by atoms with Crippen molar-refractivity contribution in [3.63, 3.8) is 0 Å². The molecule has 2 aromatic rings. The van der Waals surface area contributed by atoms with Crippen LogP contribution < -0.4 is 9.47 Å². The van der Waals surface area contributed by atoms with Crippen LogP contribution >= 0.6 is 11.6 Å². The molecule has 0 unspecified atom stereocenters. The molecule has 3 heteroatoms. The molecule has 0 aromatic heterocycles. The zero-order valence-corrected chi connectivity index (χ0v) is 11.9. The summed E-state index contributed by atoms with van der Waals surface area (Å²) in [6.45, 7) is 2.57. The Morgan fingerprint density at radius 3 is 2.42 bits per heavy atom. The Bertz CT molecular complexity index is 535. The zero-order chi connectivity index (χ0) is 13.7. The Kier molecular flexibility index (Phi) is 4.69. The first-order chi connectivity index (χ1) is 9.22. The molecule has 0 saturated heterocycles. The number of benzene rings is 2. The number of methoxy groups -OCH3 is 1. The van der Waals surface area contributed by atoms with E-state index < -0.39 is 0 Å². The molecule has 2 nitrogen and oxygen atoms in total. The monoisotopic (exact) mass is 276 g/mol. The van der Waals surface area contributed by atoms with Crippen LogP contribution in [0.15, 0.2) is 42.5 Å². The van der Waals surface area contributed by atoms with Gasteiger partial charge < -0.3 is 9.47 Å². The number of aryl methyl sites for hydroxylation is 1. The lowest BCUT2D eigenvalue weighted by atomic mass is 10.1. The smallest absolute Gasteiger partial charge is 0.124 e. The molecule has 0 aliphatic heterocycles. The summed E-state index contributed by atoms with van der Waals surface area (Å²) < 4.78 is 11.0. The minimum atomic E-state index is 0.457. The summed E-state index contributed by atoms with van der Waals surface area (Å²) in [5, 5.41) is 0. The van der Waals surface area contributed by atoms with Crippen LogP contribution in [0.5, 0.6) is 11.5 Å². The molecule has 2 aromatic carbocycles. The topological polar surface area (TPSA) is 18.5 Å². The van der Waals surface area contributed by atoms with Crippen molar-refractivity contribution in [1.29, 1.82) is 0 Å². The largest absolute Gasteiger partial charge is 0.497 e. The van der Waals surface area contributed by atoms with Gasteiger partial charge in [0, 0.05) is 5.56 Å². The van der Waals surface area contributed by atoms with Gasteiger partial charge in [-0.25, -0.2) is 0 Å². The first-order valence-corrected chi connectivity index (χ1v) is 6.67. The van der Waals surface area contributed by atoms with Crippen molar-refractivity contribution < 1.29 is 9.47 Å². The molecular weight excluding hydrogens is 260 g/mol. The van der Waals surface area contributed by atoms with E-state index in [1.54, 1.807) is 7.11 Å². The van der Waals surface area contributed by atoms with Crippen LogP contribution in [0.3, 0.4) is 0 Å². The van der Waals surface area contributed by atoms with Gasteiger partial charge >= 0.3 is 0 Å². The van der Waals surface area contributed by atoms with Crippen LogP contribution in [-0.4, -0.2) is 7.11 Å². The molecule has 0 radical (unpaired) electrons. The van der Waals surface area contributed by atoms with E-state index in [-0.39, 0.29) is 0 Å². The second-order valence-corrected chi connectivity index (χ2v) is 4.65. The summed E-state index contributed by atoms with van der Waals surface area (Å²) >= 11 is 5.91. The highest BCUT2D eigenvalue weighted by atomic mass is 35.5. The Morgan fingerprint density at radius 1 is 1.05 bits per heavy atom. The summed E-state index contributed by atoms with van der Waals surface area (Å²) in [6, 6.07) is 13.9. The summed E-state index contributed by atoms with van der Waals surface area (Å²) in [6.07, 6.45) is 0. The van der Waals surface area contributed by atoms with Crippen LogP contribution in [0.25, 0.3) is 0 Å². The van der Waals surface area contributed by atoms with Gasteiger partial charge in [0.15, 0.2) is 0 Å². The average molecular weight is 277 g/mol. The Balaban J connectivity index is 2.07. The molecule has 0 atom stereocenters. The molecule has 0 heterocycles. The fourth-order valence-corrected chi connectivity index (χ4v) is 2.01. The van der Waals surface area contributed by atoms with Gasteiger partial charge in [0.05, 0.1) is 13.0 Å². The first kappa shape index (κ1) is 13.8. The van der Waals surface area contributed by atoms with E-state index in [0.29, 0.717) is 12.5 Å². The average Bonchev–Trinajstić information content (AvgIpc) is 2.46. The van der Waals surface area contributed by atoms with Crippen LogP contribution in [0.1, 0.15) is 16.7 Å². The Morgan fingerprint density at radius 2 is 1.79 bits per heavy atom. The maximum atomic E-state index is 5.91. The van der Waals surface area contributed by atoms with E-state index in [0.717, 1.165) is 22.6 Å². The third kappa shape index (κ3) is 3.65. The molecule has 0 N–H and O–H groups in total. The normalized spacial score (nSPS) is 10.3. The number of ether oxygens (including phenoxy) is 2. The van der Waals surface area contributed by atoms with Crippen LogP contribution in [0, 0.1) is 6.92 Å². The fraction of sp³-hybridized carbons (Fsp3) is 0.250. The highest BCUT2D eigenvalue weighted by Gasteiger charge is 2.04. The second kappa shape index (κ2) is 6.48. The van der Waals surface area contributed by atoms with Gasteiger partial charge in [-0.1, -0.05) is 24.3 Å². The van der Waals surface area contributed by atoms with Crippen molar-refractivity contribution in [2.75, 3.05) is 7.11 Å². The highest BCUT2D eigenvalue weighted by molar-refractivity contribution is 6.17. The van der Waals surface area contributed by atoms with Crippen molar-refractivity contribution in [2.24, 2.45) is 0 Å². The predicted octanol–water partition coefficient (Wildman–Crippen LogP) is 4.32. The SMILES string of the molecule is COc1ccc(COc2cc(C)ccc2CCl)cc1. The minimum absolute atomic E-state index is 0.457.